The molecule has 1 aromatic heterocycles. The number of para-hydroxylation sites is 1. The molecule has 1 heterocycles. The molecular formula is C53H31NSe. The van der Waals surface area contributed by atoms with Crippen LogP contribution in [0.2, 0.25) is 0 Å². The maximum atomic E-state index is 7.98. The van der Waals surface area contributed by atoms with E-state index in [1.807, 2.05) is 18.2 Å². The molecule has 0 saturated carbocycles. The van der Waals surface area contributed by atoms with Gasteiger partial charge in [-0.2, -0.15) is 0 Å². The Hall–Kier alpha value is -6.75. The fourth-order valence-corrected chi connectivity index (χ4v) is 11.5. The van der Waals surface area contributed by atoms with Gasteiger partial charge in [0.2, 0.25) is 0 Å². The SMILES string of the molecule is [C-]#[N+]c1ccccc1-c1c2ccccc2c(-c2ccc3[se]c4c(-c5c6ccccc6c(-c6ccccc6)c6ccccc56)cccc4c3c2)c2ccccc12. The molecule has 0 aliphatic carbocycles. The number of fused-ring (bicyclic) bond motifs is 7. The van der Waals surface area contributed by atoms with Crippen LogP contribution in [0.4, 0.5) is 5.69 Å². The van der Waals surface area contributed by atoms with E-state index < -0.39 is 0 Å². The molecule has 0 radical (unpaired) electrons. The Bertz CT molecular complexity index is 3270. The third-order valence-corrected chi connectivity index (χ3v) is 13.8. The zero-order valence-corrected chi connectivity index (χ0v) is 31.5. The topological polar surface area (TPSA) is 4.36 Å². The van der Waals surface area contributed by atoms with Crippen molar-refractivity contribution in [3.8, 4) is 44.5 Å². The average Bonchev–Trinajstić information content (AvgIpc) is 3.63. The Kier molecular flexibility index (Phi) is 7.32. The molecule has 0 N–H and O–H groups in total. The third-order valence-electron chi connectivity index (χ3n) is 11.3. The summed E-state index contributed by atoms with van der Waals surface area (Å²) < 4.78 is 2.87. The molecule has 0 aliphatic heterocycles. The van der Waals surface area contributed by atoms with E-state index in [1.54, 1.807) is 0 Å². The second-order valence-electron chi connectivity index (χ2n) is 14.2. The molecule has 0 unspecified atom stereocenters. The first kappa shape index (κ1) is 31.7. The van der Waals surface area contributed by atoms with Crippen molar-refractivity contribution in [2.75, 3.05) is 0 Å². The predicted molar refractivity (Wildman–Crippen MR) is 236 cm³/mol. The quantitative estimate of drug-likeness (QED) is 0.0956. The van der Waals surface area contributed by atoms with Crippen molar-refractivity contribution in [1.29, 1.82) is 0 Å². The van der Waals surface area contributed by atoms with E-state index in [1.165, 1.54) is 85.0 Å². The Balaban J connectivity index is 1.18. The zero-order chi connectivity index (χ0) is 36.5. The van der Waals surface area contributed by atoms with Crippen LogP contribution in [-0.4, -0.2) is 14.5 Å². The van der Waals surface area contributed by atoms with E-state index in [0.29, 0.717) is 5.69 Å². The zero-order valence-electron chi connectivity index (χ0n) is 29.8. The molecule has 11 aromatic rings. The summed E-state index contributed by atoms with van der Waals surface area (Å²) in [6.45, 7) is 7.98. The van der Waals surface area contributed by atoms with E-state index in [9.17, 15) is 0 Å². The minimum absolute atomic E-state index is 0.136. The normalized spacial score (nSPS) is 11.6. The van der Waals surface area contributed by atoms with Gasteiger partial charge in [-0.05, 0) is 0 Å². The van der Waals surface area contributed by atoms with Gasteiger partial charge in [0.25, 0.3) is 0 Å². The van der Waals surface area contributed by atoms with Crippen LogP contribution in [0.5, 0.6) is 0 Å². The molecule has 0 fully saturated rings. The number of benzene rings is 10. The van der Waals surface area contributed by atoms with Crippen molar-refractivity contribution >= 4 is 82.6 Å². The van der Waals surface area contributed by atoms with Crippen molar-refractivity contribution in [2.45, 2.75) is 0 Å². The molecule has 1 nitrogen and oxygen atoms in total. The summed E-state index contributed by atoms with van der Waals surface area (Å²) in [5, 5.41) is 12.5. The van der Waals surface area contributed by atoms with Crippen LogP contribution in [-0.2, 0) is 0 Å². The molecule has 0 aliphatic rings. The second-order valence-corrected chi connectivity index (χ2v) is 16.4. The van der Waals surface area contributed by atoms with Gasteiger partial charge in [0.1, 0.15) is 0 Å². The van der Waals surface area contributed by atoms with Crippen LogP contribution in [0, 0.1) is 6.57 Å². The maximum absolute atomic E-state index is 7.98. The van der Waals surface area contributed by atoms with Gasteiger partial charge in [-0.25, -0.2) is 0 Å². The Morgan fingerprint density at radius 1 is 0.327 bits per heavy atom. The Morgan fingerprint density at radius 2 is 0.764 bits per heavy atom. The number of rotatable bonds is 4. The molecule has 10 aromatic carbocycles. The predicted octanol–water partition coefficient (Wildman–Crippen LogP) is 14.9. The summed E-state index contributed by atoms with van der Waals surface area (Å²) in [6.07, 6.45) is 0. The van der Waals surface area contributed by atoms with Gasteiger partial charge >= 0.3 is 320 Å². The van der Waals surface area contributed by atoms with Gasteiger partial charge in [-0.15, -0.1) is 0 Å². The summed E-state index contributed by atoms with van der Waals surface area (Å²) in [5.74, 6) is 0. The number of hydrogen-bond acceptors (Lipinski definition) is 0. The van der Waals surface area contributed by atoms with Crippen LogP contribution < -0.4 is 0 Å². The summed E-state index contributed by atoms with van der Waals surface area (Å²) in [7, 11) is 0. The number of nitrogens with zero attached hydrogens (tertiary/aromatic N) is 1. The summed E-state index contributed by atoms with van der Waals surface area (Å²) in [4.78, 5) is 3.93. The summed E-state index contributed by atoms with van der Waals surface area (Å²) >= 11 is 0.136. The minimum atomic E-state index is 0.136. The Morgan fingerprint density at radius 3 is 1.33 bits per heavy atom. The van der Waals surface area contributed by atoms with Gasteiger partial charge in [-0.1, -0.05) is 0 Å². The monoisotopic (exact) mass is 761 g/mol. The van der Waals surface area contributed by atoms with Crippen molar-refractivity contribution in [1.82, 2.24) is 0 Å². The van der Waals surface area contributed by atoms with E-state index in [0.717, 1.165) is 21.9 Å². The van der Waals surface area contributed by atoms with E-state index in [2.05, 4.69) is 175 Å². The van der Waals surface area contributed by atoms with E-state index in [4.69, 9.17) is 6.57 Å². The van der Waals surface area contributed by atoms with Gasteiger partial charge < -0.3 is 6.57 Å². The van der Waals surface area contributed by atoms with Gasteiger partial charge in [0, 0.05) is 0 Å². The molecule has 0 amide bonds. The van der Waals surface area contributed by atoms with Crippen LogP contribution in [0.15, 0.2) is 188 Å². The van der Waals surface area contributed by atoms with Gasteiger partial charge in [-0.3, -0.25) is 0 Å². The first-order valence-corrected chi connectivity index (χ1v) is 20.3. The first-order chi connectivity index (χ1) is 27.3. The molecule has 254 valence electrons. The average molecular weight is 761 g/mol. The Labute approximate surface area is 324 Å². The molecular weight excluding hydrogens is 730 g/mol. The van der Waals surface area contributed by atoms with Gasteiger partial charge in [0.05, 0.1) is 0 Å². The standard InChI is InChI=1S/C53H31NSe/c1-54-47-29-14-13-26-44(47)51-39-22-9-7-20-37(39)50(38-21-8-10-23-40(38)51)34-30-31-48-46(32-34)43-27-15-28-45(53(43)55-48)52-41-24-11-5-18-35(41)49(33-16-3-2-4-17-33)36-19-6-12-25-42(36)52/h2-32H. The molecule has 2 heteroatoms. The van der Waals surface area contributed by atoms with Crippen molar-refractivity contribution in [2.24, 2.45) is 0 Å². The van der Waals surface area contributed by atoms with Crippen LogP contribution >= 0.6 is 0 Å². The van der Waals surface area contributed by atoms with Crippen molar-refractivity contribution in [3.05, 3.63) is 199 Å². The molecule has 0 atom stereocenters. The fraction of sp³-hybridized carbons (Fsp3) is 0. The van der Waals surface area contributed by atoms with Crippen LogP contribution in [0.1, 0.15) is 0 Å². The molecule has 11 rings (SSSR count). The first-order valence-electron chi connectivity index (χ1n) is 18.6. The molecule has 0 spiro atoms. The second kappa shape index (κ2) is 12.7. The van der Waals surface area contributed by atoms with Crippen LogP contribution in [0.25, 0.3) is 112 Å². The fourth-order valence-electron chi connectivity index (χ4n) is 9.00. The van der Waals surface area contributed by atoms with Crippen molar-refractivity contribution in [3.63, 3.8) is 0 Å². The van der Waals surface area contributed by atoms with Crippen LogP contribution in [0.3, 0.4) is 0 Å². The molecule has 55 heavy (non-hydrogen) atoms. The summed E-state index contributed by atoms with van der Waals surface area (Å²) in [6, 6.07) is 68.4. The van der Waals surface area contributed by atoms with E-state index >= 15 is 0 Å². The summed E-state index contributed by atoms with van der Waals surface area (Å²) in [5.41, 5.74) is 10.4. The van der Waals surface area contributed by atoms with Gasteiger partial charge in [0.15, 0.2) is 0 Å². The van der Waals surface area contributed by atoms with Crippen molar-refractivity contribution < 1.29 is 0 Å². The third kappa shape index (κ3) is 4.85. The molecule has 0 saturated heterocycles. The number of hydrogen-bond donors (Lipinski definition) is 0. The molecule has 0 bridgehead atoms. The van der Waals surface area contributed by atoms with E-state index in [-0.39, 0.29) is 14.5 Å².